The first-order chi connectivity index (χ1) is 10.8. The summed E-state index contributed by atoms with van der Waals surface area (Å²) >= 11 is 0. The van der Waals surface area contributed by atoms with Crippen LogP contribution < -0.4 is 5.32 Å². The highest BCUT2D eigenvalue weighted by atomic mass is 32.2. The predicted molar refractivity (Wildman–Crippen MR) is 87.2 cm³/mol. The molecule has 1 fully saturated rings. The van der Waals surface area contributed by atoms with Gasteiger partial charge in [-0.2, -0.15) is 0 Å². The summed E-state index contributed by atoms with van der Waals surface area (Å²) in [5, 5.41) is 14.1. The second-order valence-corrected chi connectivity index (χ2v) is 8.12. The van der Waals surface area contributed by atoms with Crippen molar-refractivity contribution in [1.29, 1.82) is 0 Å². The number of hydrogen-bond acceptors (Lipinski definition) is 5. The van der Waals surface area contributed by atoms with Crippen LogP contribution in [0.3, 0.4) is 0 Å². The second kappa shape index (κ2) is 5.50. The average Bonchev–Trinajstić information content (AvgIpc) is 2.42. The van der Waals surface area contributed by atoms with Gasteiger partial charge in [-0.15, -0.1) is 0 Å². The molecular formula is C16H17NO5S. The predicted octanol–water partition coefficient (Wildman–Crippen LogP) is 1.55. The normalized spacial score (nSPS) is 16.7. The van der Waals surface area contributed by atoms with E-state index in [1.54, 1.807) is 18.2 Å². The van der Waals surface area contributed by atoms with E-state index in [0.717, 1.165) is 11.6 Å². The van der Waals surface area contributed by atoms with Crippen molar-refractivity contribution in [3.8, 4) is 5.75 Å². The molecule has 122 valence electrons. The number of benzene rings is 2. The molecular weight excluding hydrogens is 318 g/mol. The molecule has 1 aliphatic heterocycles. The molecule has 0 unspecified atom stereocenters. The second-order valence-electron chi connectivity index (χ2n) is 5.98. The van der Waals surface area contributed by atoms with Crippen molar-refractivity contribution in [1.82, 2.24) is 0 Å². The molecule has 0 atom stereocenters. The quantitative estimate of drug-likeness (QED) is 0.884. The van der Waals surface area contributed by atoms with Crippen molar-refractivity contribution in [2.75, 3.05) is 30.5 Å². The van der Waals surface area contributed by atoms with Crippen LogP contribution in [0.25, 0.3) is 10.8 Å². The third kappa shape index (κ3) is 3.02. The van der Waals surface area contributed by atoms with Gasteiger partial charge in [-0.05, 0) is 17.5 Å². The minimum atomic E-state index is -3.32. The maximum absolute atomic E-state index is 12.6. The molecule has 2 N–H and O–H groups in total. The van der Waals surface area contributed by atoms with Gasteiger partial charge in [0.1, 0.15) is 21.0 Å². The number of aromatic hydroxyl groups is 1. The van der Waals surface area contributed by atoms with Crippen molar-refractivity contribution in [3.63, 3.8) is 0 Å². The summed E-state index contributed by atoms with van der Waals surface area (Å²) < 4.78 is 28.3. The molecule has 2 aromatic rings. The molecule has 0 radical (unpaired) electrons. The lowest BCUT2D eigenvalue weighted by Gasteiger charge is -2.39. The molecule has 1 heterocycles. The number of amides is 1. The number of hydrogen-bond donors (Lipinski definition) is 2. The first kappa shape index (κ1) is 15.8. The van der Waals surface area contributed by atoms with Crippen LogP contribution in [0.5, 0.6) is 5.75 Å². The lowest BCUT2D eigenvalue weighted by molar-refractivity contribution is -0.151. The zero-order valence-corrected chi connectivity index (χ0v) is 13.4. The fourth-order valence-electron chi connectivity index (χ4n) is 2.81. The van der Waals surface area contributed by atoms with Gasteiger partial charge in [0, 0.05) is 11.6 Å². The molecule has 1 saturated heterocycles. The zero-order valence-electron chi connectivity index (χ0n) is 12.6. The van der Waals surface area contributed by atoms with Crippen LogP contribution >= 0.6 is 0 Å². The first-order valence-electron chi connectivity index (χ1n) is 7.08. The fourth-order valence-corrected chi connectivity index (χ4v) is 4.11. The van der Waals surface area contributed by atoms with E-state index in [9.17, 15) is 18.3 Å². The standard InChI is InChI=1S/C16H17NO5S/c1-23(20,21)10-16(8-22-9-16)15(19)17-12-6-2-4-11-5-3-7-13(18)14(11)12/h2-7,18H,8-10H2,1H3,(H,17,19). The summed E-state index contributed by atoms with van der Waals surface area (Å²) in [5.74, 6) is -0.617. The number of fused-ring (bicyclic) bond motifs is 1. The summed E-state index contributed by atoms with van der Waals surface area (Å²) in [7, 11) is -3.32. The van der Waals surface area contributed by atoms with E-state index in [1.165, 1.54) is 6.07 Å². The molecule has 6 nitrogen and oxygen atoms in total. The summed E-state index contributed by atoms with van der Waals surface area (Å²) in [6.45, 7) is 0.144. The van der Waals surface area contributed by atoms with Crippen LogP contribution in [0.4, 0.5) is 5.69 Å². The minimum absolute atomic E-state index is 0.0559. The summed E-state index contributed by atoms with van der Waals surface area (Å²) in [6.07, 6.45) is 1.10. The largest absolute Gasteiger partial charge is 0.507 e. The van der Waals surface area contributed by atoms with E-state index in [0.29, 0.717) is 11.1 Å². The van der Waals surface area contributed by atoms with Crippen LogP contribution in [-0.2, 0) is 19.4 Å². The van der Waals surface area contributed by atoms with Gasteiger partial charge in [0.05, 0.1) is 24.7 Å². The minimum Gasteiger partial charge on any atom is -0.507 e. The van der Waals surface area contributed by atoms with Crippen LogP contribution in [0.2, 0.25) is 0 Å². The lowest BCUT2D eigenvalue weighted by atomic mass is 9.87. The van der Waals surface area contributed by atoms with E-state index in [1.807, 2.05) is 12.1 Å². The monoisotopic (exact) mass is 335 g/mol. The Morgan fingerprint density at radius 2 is 1.91 bits per heavy atom. The Bertz CT molecular complexity index is 866. The highest BCUT2D eigenvalue weighted by Gasteiger charge is 2.48. The highest BCUT2D eigenvalue weighted by Crippen LogP contribution is 2.35. The van der Waals surface area contributed by atoms with Crippen molar-refractivity contribution in [2.45, 2.75) is 0 Å². The summed E-state index contributed by atoms with van der Waals surface area (Å²) in [4.78, 5) is 12.6. The van der Waals surface area contributed by atoms with Crippen molar-refractivity contribution >= 4 is 32.2 Å². The first-order valence-corrected chi connectivity index (χ1v) is 9.14. The number of nitrogens with one attached hydrogen (secondary N) is 1. The van der Waals surface area contributed by atoms with Crippen molar-refractivity contribution < 1.29 is 23.1 Å². The molecule has 0 saturated carbocycles. The molecule has 0 bridgehead atoms. The van der Waals surface area contributed by atoms with E-state index in [4.69, 9.17) is 4.74 Å². The molecule has 0 aliphatic carbocycles. The number of carbonyl (C=O) groups is 1. The molecule has 0 aromatic heterocycles. The van der Waals surface area contributed by atoms with E-state index in [2.05, 4.69) is 5.32 Å². The molecule has 23 heavy (non-hydrogen) atoms. The Morgan fingerprint density at radius 1 is 1.26 bits per heavy atom. The Morgan fingerprint density at radius 3 is 2.48 bits per heavy atom. The Balaban J connectivity index is 1.94. The number of anilines is 1. The maximum atomic E-state index is 12.6. The number of carbonyl (C=O) groups excluding carboxylic acids is 1. The number of phenols is 1. The van der Waals surface area contributed by atoms with Gasteiger partial charge >= 0.3 is 0 Å². The third-order valence-corrected chi connectivity index (χ3v) is 4.98. The van der Waals surface area contributed by atoms with E-state index >= 15 is 0 Å². The topological polar surface area (TPSA) is 92.7 Å². The van der Waals surface area contributed by atoms with Crippen LogP contribution in [0.15, 0.2) is 36.4 Å². The lowest BCUT2D eigenvalue weighted by Crippen LogP contribution is -2.55. The Hall–Kier alpha value is -2.12. The Kier molecular flexibility index (Phi) is 3.77. The fraction of sp³-hybridized carbons (Fsp3) is 0.312. The van der Waals surface area contributed by atoms with E-state index < -0.39 is 21.2 Å². The van der Waals surface area contributed by atoms with Crippen LogP contribution in [0.1, 0.15) is 0 Å². The van der Waals surface area contributed by atoms with Crippen molar-refractivity contribution in [2.24, 2.45) is 5.41 Å². The van der Waals surface area contributed by atoms with Gasteiger partial charge in [0.2, 0.25) is 5.91 Å². The highest BCUT2D eigenvalue weighted by molar-refractivity contribution is 7.90. The molecule has 0 spiro atoms. The summed E-state index contributed by atoms with van der Waals surface area (Å²) in [6, 6.07) is 10.3. The van der Waals surface area contributed by atoms with Gasteiger partial charge in [-0.1, -0.05) is 24.3 Å². The van der Waals surface area contributed by atoms with Gasteiger partial charge in [0.25, 0.3) is 0 Å². The van der Waals surface area contributed by atoms with Crippen LogP contribution in [0, 0.1) is 5.41 Å². The SMILES string of the molecule is CS(=O)(=O)CC1(C(=O)Nc2cccc3cccc(O)c23)COC1. The number of rotatable bonds is 4. The number of ether oxygens (including phenoxy) is 1. The average molecular weight is 335 g/mol. The van der Waals surface area contributed by atoms with Crippen molar-refractivity contribution in [3.05, 3.63) is 36.4 Å². The Labute approximate surface area is 134 Å². The molecule has 7 heteroatoms. The van der Waals surface area contributed by atoms with Gasteiger partial charge in [0.15, 0.2) is 0 Å². The molecule has 3 rings (SSSR count). The van der Waals surface area contributed by atoms with Gasteiger partial charge in [-0.25, -0.2) is 8.42 Å². The number of sulfone groups is 1. The van der Waals surface area contributed by atoms with E-state index in [-0.39, 0.29) is 24.7 Å². The third-order valence-electron chi connectivity index (χ3n) is 3.91. The zero-order chi connectivity index (χ0) is 16.7. The molecule has 1 aliphatic rings. The molecule has 1 amide bonds. The summed E-state index contributed by atoms with van der Waals surface area (Å²) in [5.41, 5.74) is -0.620. The van der Waals surface area contributed by atoms with Gasteiger partial charge < -0.3 is 15.2 Å². The maximum Gasteiger partial charge on any atom is 0.236 e. The molecule has 2 aromatic carbocycles. The van der Waals surface area contributed by atoms with Gasteiger partial charge in [-0.3, -0.25) is 4.79 Å². The van der Waals surface area contributed by atoms with Crippen LogP contribution in [-0.4, -0.2) is 44.7 Å². The number of phenolic OH excluding ortho intramolecular Hbond substituents is 1. The smallest absolute Gasteiger partial charge is 0.236 e.